The fraction of sp³-hybridized carbons (Fsp3) is 0.750. The molecule has 0 radical (unpaired) electrons. The molecule has 0 aliphatic heterocycles. The van der Waals surface area contributed by atoms with Crippen LogP contribution in [0.5, 0.6) is 0 Å². The van der Waals surface area contributed by atoms with E-state index in [-0.39, 0.29) is 6.10 Å². The average molecular weight is 142 g/mol. The Hall–Kier alpha value is -0.520. The Morgan fingerprint density at radius 1 is 1.60 bits per heavy atom. The van der Waals surface area contributed by atoms with Gasteiger partial charge in [-0.25, -0.2) is 0 Å². The highest BCUT2D eigenvalue weighted by Crippen LogP contribution is 2.01. The van der Waals surface area contributed by atoms with Gasteiger partial charge < -0.3 is 9.84 Å². The predicted octanol–water partition coefficient (Wildman–Crippen LogP) is 0.796. The Balaban J connectivity index is 3.83. The Morgan fingerprint density at radius 2 is 2.20 bits per heavy atom. The first kappa shape index (κ1) is 9.48. The summed E-state index contributed by atoms with van der Waals surface area (Å²) in [5, 5.41) is 9.21. The van der Waals surface area contributed by atoms with Crippen LogP contribution in [0.2, 0.25) is 0 Å². The number of rotatable bonds is 3. The lowest BCUT2D eigenvalue weighted by molar-refractivity contribution is 0.0147. The maximum absolute atomic E-state index is 9.21. The van der Waals surface area contributed by atoms with E-state index < -0.39 is 6.10 Å². The second-order valence-electron chi connectivity index (χ2n) is 2.02. The summed E-state index contributed by atoms with van der Waals surface area (Å²) in [7, 11) is 1.58. The summed E-state index contributed by atoms with van der Waals surface area (Å²) in [4.78, 5) is 0. The number of hydrogen-bond acceptors (Lipinski definition) is 2. The van der Waals surface area contributed by atoms with Gasteiger partial charge >= 0.3 is 0 Å². The SMILES string of the molecule is CC#CC(O)C(CC)OC. The zero-order valence-corrected chi connectivity index (χ0v) is 6.72. The first-order chi connectivity index (χ1) is 4.76. The van der Waals surface area contributed by atoms with Gasteiger partial charge in [-0.15, -0.1) is 5.92 Å². The smallest absolute Gasteiger partial charge is 0.140 e. The topological polar surface area (TPSA) is 29.5 Å². The van der Waals surface area contributed by atoms with Crippen molar-refractivity contribution in [2.45, 2.75) is 32.5 Å². The summed E-state index contributed by atoms with van der Waals surface area (Å²) in [6.07, 6.45) is -0.000694. The van der Waals surface area contributed by atoms with E-state index in [1.165, 1.54) is 0 Å². The molecule has 0 rings (SSSR count). The molecule has 0 aliphatic carbocycles. The lowest BCUT2D eigenvalue weighted by Gasteiger charge is -2.14. The molecular formula is C8H14O2. The molecule has 0 aliphatic rings. The van der Waals surface area contributed by atoms with Crippen LogP contribution < -0.4 is 0 Å². The van der Waals surface area contributed by atoms with Crippen molar-refractivity contribution >= 4 is 0 Å². The van der Waals surface area contributed by atoms with Gasteiger partial charge in [-0.05, 0) is 13.3 Å². The number of hydrogen-bond donors (Lipinski definition) is 1. The largest absolute Gasteiger partial charge is 0.378 e. The summed E-state index contributed by atoms with van der Waals surface area (Å²) >= 11 is 0. The van der Waals surface area contributed by atoms with Crippen LogP contribution >= 0.6 is 0 Å². The zero-order chi connectivity index (χ0) is 7.98. The molecule has 2 nitrogen and oxygen atoms in total. The van der Waals surface area contributed by atoms with Crippen molar-refractivity contribution in [3.63, 3.8) is 0 Å². The molecule has 0 bridgehead atoms. The van der Waals surface area contributed by atoms with Crippen LogP contribution in [0.15, 0.2) is 0 Å². The molecule has 1 N–H and O–H groups in total. The molecule has 0 heterocycles. The molecule has 0 amide bonds. The maximum atomic E-state index is 9.21. The normalized spacial score (nSPS) is 15.2. The van der Waals surface area contributed by atoms with Gasteiger partial charge in [0.2, 0.25) is 0 Å². The molecule has 0 aromatic carbocycles. The van der Waals surface area contributed by atoms with Crippen LogP contribution in [0.25, 0.3) is 0 Å². The van der Waals surface area contributed by atoms with E-state index in [4.69, 9.17) is 4.74 Å². The van der Waals surface area contributed by atoms with Gasteiger partial charge in [-0.3, -0.25) is 0 Å². The van der Waals surface area contributed by atoms with Crippen molar-refractivity contribution in [2.24, 2.45) is 0 Å². The molecule has 10 heavy (non-hydrogen) atoms. The molecule has 0 saturated heterocycles. The van der Waals surface area contributed by atoms with E-state index >= 15 is 0 Å². The number of ether oxygens (including phenoxy) is 1. The molecule has 0 saturated carbocycles. The standard InChI is InChI=1S/C8H14O2/c1-4-6-7(9)8(5-2)10-3/h7-9H,5H2,1-3H3. The van der Waals surface area contributed by atoms with E-state index in [1.54, 1.807) is 14.0 Å². The predicted molar refractivity (Wildman–Crippen MR) is 40.5 cm³/mol. The molecule has 2 unspecified atom stereocenters. The van der Waals surface area contributed by atoms with Crippen molar-refractivity contribution in [3.8, 4) is 11.8 Å². The van der Waals surface area contributed by atoms with Crippen molar-refractivity contribution in [3.05, 3.63) is 0 Å². The second kappa shape index (κ2) is 5.28. The fourth-order valence-electron chi connectivity index (χ4n) is 0.760. The van der Waals surface area contributed by atoms with Crippen molar-refractivity contribution in [1.82, 2.24) is 0 Å². The Bertz CT molecular complexity index is 128. The second-order valence-corrected chi connectivity index (χ2v) is 2.02. The molecule has 2 heteroatoms. The van der Waals surface area contributed by atoms with Crippen LogP contribution in [0.3, 0.4) is 0 Å². The third-order valence-corrected chi connectivity index (χ3v) is 1.35. The minimum absolute atomic E-state index is 0.146. The lowest BCUT2D eigenvalue weighted by atomic mass is 10.1. The molecule has 0 aromatic rings. The molecule has 0 fully saturated rings. The molecule has 2 atom stereocenters. The van der Waals surface area contributed by atoms with Crippen molar-refractivity contribution in [1.29, 1.82) is 0 Å². The quantitative estimate of drug-likeness (QED) is 0.590. The van der Waals surface area contributed by atoms with Crippen molar-refractivity contribution in [2.75, 3.05) is 7.11 Å². The minimum Gasteiger partial charge on any atom is -0.378 e. The highest BCUT2D eigenvalue weighted by Gasteiger charge is 2.12. The van der Waals surface area contributed by atoms with E-state index in [2.05, 4.69) is 11.8 Å². The van der Waals surface area contributed by atoms with Crippen LogP contribution in [-0.4, -0.2) is 24.4 Å². The summed E-state index contributed by atoms with van der Waals surface area (Å²) in [5.74, 6) is 5.26. The van der Waals surface area contributed by atoms with Crippen LogP contribution in [0.4, 0.5) is 0 Å². The van der Waals surface area contributed by atoms with Gasteiger partial charge in [-0.2, -0.15) is 0 Å². The first-order valence-corrected chi connectivity index (χ1v) is 3.39. The highest BCUT2D eigenvalue weighted by molar-refractivity contribution is 5.04. The summed E-state index contributed by atoms with van der Waals surface area (Å²) in [6, 6.07) is 0. The van der Waals surface area contributed by atoms with Gasteiger partial charge in [0.15, 0.2) is 0 Å². The fourth-order valence-corrected chi connectivity index (χ4v) is 0.760. The van der Waals surface area contributed by atoms with Crippen LogP contribution in [0.1, 0.15) is 20.3 Å². The number of methoxy groups -OCH3 is 1. The summed E-state index contributed by atoms with van der Waals surface area (Å²) in [6.45, 7) is 3.65. The Kier molecular flexibility index (Phi) is 5.00. The number of aliphatic hydroxyl groups is 1. The van der Waals surface area contributed by atoms with Crippen LogP contribution in [-0.2, 0) is 4.74 Å². The van der Waals surface area contributed by atoms with Gasteiger partial charge in [-0.1, -0.05) is 12.8 Å². The monoisotopic (exact) mass is 142 g/mol. The van der Waals surface area contributed by atoms with Gasteiger partial charge in [0.05, 0.1) is 6.10 Å². The van der Waals surface area contributed by atoms with Gasteiger partial charge in [0.25, 0.3) is 0 Å². The third-order valence-electron chi connectivity index (χ3n) is 1.35. The van der Waals surface area contributed by atoms with E-state index in [9.17, 15) is 5.11 Å². The van der Waals surface area contributed by atoms with E-state index in [1.807, 2.05) is 6.92 Å². The highest BCUT2D eigenvalue weighted by atomic mass is 16.5. The van der Waals surface area contributed by atoms with Gasteiger partial charge in [0, 0.05) is 7.11 Å². The van der Waals surface area contributed by atoms with Crippen molar-refractivity contribution < 1.29 is 9.84 Å². The first-order valence-electron chi connectivity index (χ1n) is 3.39. The van der Waals surface area contributed by atoms with Crippen LogP contribution in [0, 0.1) is 11.8 Å². The summed E-state index contributed by atoms with van der Waals surface area (Å²) in [5.41, 5.74) is 0. The molecule has 0 spiro atoms. The minimum atomic E-state index is -0.639. The molecule has 0 aromatic heterocycles. The summed E-state index contributed by atoms with van der Waals surface area (Å²) < 4.78 is 4.96. The Morgan fingerprint density at radius 3 is 2.50 bits per heavy atom. The van der Waals surface area contributed by atoms with E-state index in [0.29, 0.717) is 0 Å². The maximum Gasteiger partial charge on any atom is 0.140 e. The lowest BCUT2D eigenvalue weighted by Crippen LogP contribution is -2.25. The molecule has 58 valence electrons. The molecular weight excluding hydrogens is 128 g/mol. The third kappa shape index (κ3) is 2.86. The number of aliphatic hydroxyl groups excluding tert-OH is 1. The van der Waals surface area contributed by atoms with E-state index in [0.717, 1.165) is 6.42 Å². The Labute approximate surface area is 62.2 Å². The van der Waals surface area contributed by atoms with Gasteiger partial charge in [0.1, 0.15) is 6.10 Å². The average Bonchev–Trinajstić information content (AvgIpc) is 1.91. The zero-order valence-electron chi connectivity index (χ0n) is 6.72.